The quantitative estimate of drug-likeness (QED) is 0.168. The second kappa shape index (κ2) is 14.2. The van der Waals surface area contributed by atoms with Crippen LogP contribution >= 0.6 is 0 Å². The van der Waals surface area contributed by atoms with Crippen molar-refractivity contribution >= 4 is 23.5 Å². The minimum absolute atomic E-state index is 0.175. The molecular formula is C34H39N5O6. The predicted molar refractivity (Wildman–Crippen MR) is 173 cm³/mol. The second-order valence-corrected chi connectivity index (χ2v) is 10.8. The number of carbonyl (C=O) groups is 1. The molecular weight excluding hydrogens is 574 g/mol. The van der Waals surface area contributed by atoms with Crippen LogP contribution in [0.2, 0.25) is 0 Å². The van der Waals surface area contributed by atoms with E-state index in [2.05, 4.69) is 20.6 Å². The van der Waals surface area contributed by atoms with Gasteiger partial charge in [-0.2, -0.15) is 4.98 Å². The first-order chi connectivity index (χ1) is 21.8. The maximum atomic E-state index is 13.2. The van der Waals surface area contributed by atoms with Gasteiger partial charge in [-0.25, -0.2) is 14.7 Å². The average molecular weight is 614 g/mol. The number of carboxylic acid groups (broad SMARTS) is 1. The summed E-state index contributed by atoms with van der Waals surface area (Å²) in [6, 6.07) is 17.7. The first-order valence-electron chi connectivity index (χ1n) is 14.8. The highest BCUT2D eigenvalue weighted by Crippen LogP contribution is 2.41. The number of aryl methyl sites for hydroxylation is 2. The van der Waals surface area contributed by atoms with Gasteiger partial charge in [-0.1, -0.05) is 18.2 Å². The van der Waals surface area contributed by atoms with Crippen LogP contribution in [0.4, 0.5) is 22.2 Å². The van der Waals surface area contributed by atoms with E-state index in [0.29, 0.717) is 46.9 Å². The number of aromatic nitrogens is 2. The lowest BCUT2D eigenvalue weighted by Gasteiger charge is -2.32. The second-order valence-electron chi connectivity index (χ2n) is 10.8. The fraction of sp³-hybridized carbons (Fsp3) is 0.324. The van der Waals surface area contributed by atoms with Crippen LogP contribution in [0, 0.1) is 13.8 Å². The van der Waals surface area contributed by atoms with E-state index in [9.17, 15) is 9.90 Å². The van der Waals surface area contributed by atoms with E-state index in [1.54, 1.807) is 51.7 Å². The molecule has 1 amide bonds. The summed E-state index contributed by atoms with van der Waals surface area (Å²) in [5.74, 6) is 2.66. The lowest BCUT2D eigenvalue weighted by molar-refractivity contribution is 0.199. The van der Waals surface area contributed by atoms with Crippen LogP contribution in [0.15, 0.2) is 66.9 Å². The van der Waals surface area contributed by atoms with E-state index >= 15 is 0 Å². The van der Waals surface area contributed by atoms with Crippen molar-refractivity contribution in [2.75, 3.05) is 44.7 Å². The van der Waals surface area contributed by atoms with Gasteiger partial charge < -0.3 is 34.7 Å². The largest absolute Gasteiger partial charge is 0.497 e. The van der Waals surface area contributed by atoms with Crippen LogP contribution in [-0.2, 0) is 0 Å². The number of amides is 1. The number of ether oxygens (including phenoxy) is 4. The molecule has 236 valence electrons. The molecule has 3 N–H and O–H groups in total. The molecule has 0 spiro atoms. The number of anilines is 3. The van der Waals surface area contributed by atoms with Crippen molar-refractivity contribution < 1.29 is 28.8 Å². The Balaban J connectivity index is 1.51. The summed E-state index contributed by atoms with van der Waals surface area (Å²) >= 11 is 0. The highest BCUT2D eigenvalue weighted by Gasteiger charge is 2.34. The molecule has 3 aromatic carbocycles. The third-order valence-electron chi connectivity index (χ3n) is 7.92. The predicted octanol–water partition coefficient (Wildman–Crippen LogP) is 6.27. The van der Waals surface area contributed by atoms with E-state index in [4.69, 9.17) is 18.9 Å². The first-order valence-corrected chi connectivity index (χ1v) is 14.8. The van der Waals surface area contributed by atoms with Crippen molar-refractivity contribution in [2.24, 2.45) is 0 Å². The van der Waals surface area contributed by atoms with E-state index in [1.165, 1.54) is 11.1 Å². The monoisotopic (exact) mass is 613 g/mol. The van der Waals surface area contributed by atoms with Gasteiger partial charge in [0.2, 0.25) is 5.95 Å². The molecule has 1 saturated heterocycles. The van der Waals surface area contributed by atoms with Gasteiger partial charge in [0.1, 0.15) is 23.9 Å². The molecule has 1 fully saturated rings. The molecule has 0 aliphatic carbocycles. The van der Waals surface area contributed by atoms with Gasteiger partial charge in [0.05, 0.1) is 27.4 Å². The Kier molecular flexibility index (Phi) is 9.89. The highest BCUT2D eigenvalue weighted by atomic mass is 16.5. The molecule has 1 aromatic heterocycles. The smallest absolute Gasteiger partial charge is 0.413 e. The molecule has 2 heterocycles. The van der Waals surface area contributed by atoms with Gasteiger partial charge in [-0.05, 0) is 86.3 Å². The number of rotatable bonds is 12. The first kappa shape index (κ1) is 31.4. The molecule has 0 saturated carbocycles. The van der Waals surface area contributed by atoms with Crippen LogP contribution < -0.4 is 34.5 Å². The summed E-state index contributed by atoms with van der Waals surface area (Å²) in [6.45, 7) is 5.48. The zero-order valence-electron chi connectivity index (χ0n) is 26.2. The van der Waals surface area contributed by atoms with Crippen molar-refractivity contribution in [3.8, 4) is 23.0 Å². The number of hydrogen-bond donors (Lipinski definition) is 3. The molecule has 5 rings (SSSR count). The SMILES string of the molecule is COc1ccc(OC)c(C(c2c(C)cccc2C)N(C(=O)O)c2ccnc(Nc3ccc(OC[C@@H]4CCCN4)c(OC)c3)n2)c1. The Morgan fingerprint density at radius 3 is 2.42 bits per heavy atom. The lowest BCUT2D eigenvalue weighted by Crippen LogP contribution is -2.36. The third kappa shape index (κ3) is 7.04. The minimum Gasteiger partial charge on any atom is -0.497 e. The van der Waals surface area contributed by atoms with Crippen LogP contribution in [0.25, 0.3) is 0 Å². The zero-order valence-corrected chi connectivity index (χ0v) is 26.2. The van der Waals surface area contributed by atoms with Crippen molar-refractivity contribution in [3.05, 3.63) is 89.1 Å². The van der Waals surface area contributed by atoms with Gasteiger partial charge in [-0.3, -0.25) is 0 Å². The van der Waals surface area contributed by atoms with Gasteiger partial charge >= 0.3 is 6.09 Å². The van der Waals surface area contributed by atoms with Gasteiger partial charge in [0, 0.05) is 29.6 Å². The van der Waals surface area contributed by atoms with E-state index in [-0.39, 0.29) is 11.8 Å². The summed E-state index contributed by atoms with van der Waals surface area (Å²) in [5, 5.41) is 17.3. The van der Waals surface area contributed by atoms with E-state index in [1.807, 2.05) is 44.2 Å². The number of methoxy groups -OCH3 is 3. The number of hydrogen-bond acceptors (Lipinski definition) is 9. The number of nitrogens with zero attached hydrogens (tertiary/aromatic N) is 3. The Labute approximate surface area is 263 Å². The Morgan fingerprint density at radius 2 is 1.76 bits per heavy atom. The van der Waals surface area contributed by atoms with Crippen LogP contribution in [-0.4, -0.2) is 61.7 Å². The van der Waals surface area contributed by atoms with E-state index in [0.717, 1.165) is 36.1 Å². The molecule has 11 heteroatoms. The molecule has 1 aliphatic rings. The van der Waals surface area contributed by atoms with Crippen molar-refractivity contribution in [1.82, 2.24) is 15.3 Å². The molecule has 1 aliphatic heterocycles. The fourth-order valence-corrected chi connectivity index (χ4v) is 5.70. The molecule has 1 unspecified atom stereocenters. The molecule has 11 nitrogen and oxygen atoms in total. The van der Waals surface area contributed by atoms with Gasteiger partial charge in [0.25, 0.3) is 0 Å². The summed E-state index contributed by atoms with van der Waals surface area (Å²) in [7, 11) is 4.71. The van der Waals surface area contributed by atoms with E-state index < -0.39 is 12.1 Å². The average Bonchev–Trinajstić information content (AvgIpc) is 3.57. The minimum atomic E-state index is -1.20. The number of benzene rings is 3. The van der Waals surface area contributed by atoms with Gasteiger partial charge in [0.15, 0.2) is 11.5 Å². The normalized spacial score (nSPS) is 14.8. The standard InChI is InChI=1S/C34H39N5O6/c1-21-8-6-9-22(2)31(21)32(26-19-25(42-3)12-14-27(26)43-4)39(34(40)41)30-15-17-36-33(38-30)37-23-11-13-28(29(18-23)44-5)45-20-24-10-7-16-35-24/h6,8-9,11-15,17-19,24,32,35H,7,10,16,20H2,1-5H3,(H,40,41)(H,36,37,38)/t24-,32?/m0/s1. The Hall–Kier alpha value is -5.03. The third-order valence-corrected chi connectivity index (χ3v) is 7.92. The topological polar surface area (TPSA) is 127 Å². The maximum absolute atomic E-state index is 13.2. The molecule has 0 bridgehead atoms. The Bertz CT molecular complexity index is 1620. The summed E-state index contributed by atoms with van der Waals surface area (Å²) in [6.07, 6.45) is 2.55. The van der Waals surface area contributed by atoms with Crippen molar-refractivity contribution in [3.63, 3.8) is 0 Å². The van der Waals surface area contributed by atoms with Crippen molar-refractivity contribution in [1.29, 1.82) is 0 Å². The zero-order chi connectivity index (χ0) is 31.9. The fourth-order valence-electron chi connectivity index (χ4n) is 5.70. The number of nitrogens with one attached hydrogen (secondary N) is 2. The van der Waals surface area contributed by atoms with Crippen LogP contribution in [0.3, 0.4) is 0 Å². The molecule has 4 aromatic rings. The summed E-state index contributed by atoms with van der Waals surface area (Å²) < 4.78 is 22.9. The van der Waals surface area contributed by atoms with Crippen LogP contribution in [0.1, 0.15) is 41.1 Å². The summed E-state index contributed by atoms with van der Waals surface area (Å²) in [5.41, 5.74) is 3.91. The Morgan fingerprint density at radius 1 is 1.00 bits per heavy atom. The lowest BCUT2D eigenvalue weighted by atomic mass is 9.89. The van der Waals surface area contributed by atoms with Gasteiger partial charge in [-0.15, -0.1) is 0 Å². The maximum Gasteiger partial charge on any atom is 0.413 e. The molecule has 0 radical (unpaired) electrons. The highest BCUT2D eigenvalue weighted by molar-refractivity contribution is 5.87. The molecule has 2 atom stereocenters. The summed E-state index contributed by atoms with van der Waals surface area (Å²) in [4.78, 5) is 23.4. The molecule has 45 heavy (non-hydrogen) atoms. The van der Waals surface area contributed by atoms with Crippen LogP contribution in [0.5, 0.6) is 23.0 Å². The van der Waals surface area contributed by atoms with Crippen molar-refractivity contribution in [2.45, 2.75) is 38.8 Å².